The van der Waals surface area contributed by atoms with Crippen LogP contribution < -0.4 is 4.74 Å². The van der Waals surface area contributed by atoms with Crippen molar-refractivity contribution >= 4 is 5.78 Å². The SMILES string of the molecule is COc1cccc(C(=O)c2cnn(-c3ccccc3)c2)c1. The van der Waals surface area contributed by atoms with E-state index in [0.29, 0.717) is 16.9 Å². The van der Waals surface area contributed by atoms with Gasteiger partial charge in [0, 0.05) is 11.8 Å². The Morgan fingerprint density at radius 1 is 1.05 bits per heavy atom. The molecule has 0 atom stereocenters. The first-order chi connectivity index (χ1) is 10.3. The standard InChI is InChI=1S/C17H14N2O2/c1-21-16-9-5-6-13(10-16)17(20)14-11-18-19(12-14)15-7-3-2-4-8-15/h2-12H,1H3. The van der Waals surface area contributed by atoms with Crippen LogP contribution in [0.4, 0.5) is 0 Å². The summed E-state index contributed by atoms with van der Waals surface area (Å²) in [6, 6.07) is 16.8. The zero-order valence-corrected chi connectivity index (χ0v) is 11.6. The van der Waals surface area contributed by atoms with Gasteiger partial charge in [0.05, 0.1) is 24.6 Å². The van der Waals surface area contributed by atoms with E-state index in [1.807, 2.05) is 36.4 Å². The molecule has 3 aromatic rings. The molecule has 0 bridgehead atoms. The molecule has 0 saturated heterocycles. The number of ketones is 1. The maximum atomic E-state index is 12.5. The summed E-state index contributed by atoms with van der Waals surface area (Å²) < 4.78 is 6.83. The number of para-hydroxylation sites is 1. The predicted octanol–water partition coefficient (Wildman–Crippen LogP) is 3.11. The van der Waals surface area contributed by atoms with E-state index >= 15 is 0 Å². The number of methoxy groups -OCH3 is 1. The molecule has 0 aliphatic rings. The first-order valence-corrected chi connectivity index (χ1v) is 6.57. The van der Waals surface area contributed by atoms with Gasteiger partial charge in [-0.3, -0.25) is 4.79 Å². The molecule has 3 rings (SSSR count). The Balaban J connectivity index is 1.91. The third kappa shape index (κ3) is 2.69. The normalized spacial score (nSPS) is 10.3. The summed E-state index contributed by atoms with van der Waals surface area (Å²) >= 11 is 0. The van der Waals surface area contributed by atoms with Crippen molar-refractivity contribution in [2.24, 2.45) is 0 Å². The molecule has 4 nitrogen and oxygen atoms in total. The molecule has 1 aromatic heterocycles. The van der Waals surface area contributed by atoms with Gasteiger partial charge in [-0.1, -0.05) is 30.3 Å². The van der Waals surface area contributed by atoms with Gasteiger partial charge in [-0.25, -0.2) is 4.68 Å². The molecule has 104 valence electrons. The summed E-state index contributed by atoms with van der Waals surface area (Å²) in [7, 11) is 1.58. The summed E-state index contributed by atoms with van der Waals surface area (Å²) in [5.74, 6) is 0.590. The topological polar surface area (TPSA) is 44.1 Å². The van der Waals surface area contributed by atoms with Gasteiger partial charge in [-0.2, -0.15) is 5.10 Å². The maximum absolute atomic E-state index is 12.5. The minimum absolute atomic E-state index is 0.0731. The van der Waals surface area contributed by atoms with E-state index in [0.717, 1.165) is 5.69 Å². The highest BCUT2D eigenvalue weighted by Crippen LogP contribution is 2.17. The van der Waals surface area contributed by atoms with Crippen LogP contribution in [0.15, 0.2) is 67.0 Å². The zero-order valence-electron chi connectivity index (χ0n) is 11.6. The summed E-state index contributed by atoms with van der Waals surface area (Å²) in [5, 5.41) is 4.24. The molecule has 1 heterocycles. The van der Waals surface area contributed by atoms with Crippen LogP contribution >= 0.6 is 0 Å². The van der Waals surface area contributed by atoms with Crippen molar-refractivity contribution in [1.29, 1.82) is 0 Å². The van der Waals surface area contributed by atoms with E-state index in [2.05, 4.69) is 5.10 Å². The Labute approximate surface area is 122 Å². The van der Waals surface area contributed by atoms with Crippen LogP contribution in [0.2, 0.25) is 0 Å². The molecule has 21 heavy (non-hydrogen) atoms. The van der Waals surface area contributed by atoms with Crippen molar-refractivity contribution in [3.63, 3.8) is 0 Å². The second kappa shape index (κ2) is 5.63. The van der Waals surface area contributed by atoms with Crippen molar-refractivity contribution in [2.45, 2.75) is 0 Å². The van der Waals surface area contributed by atoms with Gasteiger partial charge in [-0.15, -0.1) is 0 Å². The van der Waals surface area contributed by atoms with Crippen molar-refractivity contribution in [1.82, 2.24) is 9.78 Å². The Hall–Kier alpha value is -2.88. The van der Waals surface area contributed by atoms with Gasteiger partial charge in [0.25, 0.3) is 0 Å². The first-order valence-electron chi connectivity index (χ1n) is 6.57. The Bertz CT molecular complexity index is 763. The van der Waals surface area contributed by atoms with E-state index in [9.17, 15) is 4.79 Å². The van der Waals surface area contributed by atoms with Gasteiger partial charge in [0.1, 0.15) is 5.75 Å². The van der Waals surface area contributed by atoms with Crippen LogP contribution in [0.3, 0.4) is 0 Å². The van der Waals surface area contributed by atoms with Gasteiger partial charge in [0.15, 0.2) is 5.78 Å². The van der Waals surface area contributed by atoms with Gasteiger partial charge >= 0.3 is 0 Å². The lowest BCUT2D eigenvalue weighted by Gasteiger charge is -2.02. The lowest BCUT2D eigenvalue weighted by molar-refractivity contribution is 0.103. The fraction of sp³-hybridized carbons (Fsp3) is 0.0588. The highest BCUT2D eigenvalue weighted by atomic mass is 16.5. The lowest BCUT2D eigenvalue weighted by Crippen LogP contribution is -2.00. The molecule has 0 aliphatic heterocycles. The Kier molecular flexibility index (Phi) is 3.51. The summed E-state index contributed by atoms with van der Waals surface area (Å²) in [5.41, 5.74) is 2.05. The van der Waals surface area contributed by atoms with Crippen molar-refractivity contribution < 1.29 is 9.53 Å². The van der Waals surface area contributed by atoms with Crippen LogP contribution in [0.25, 0.3) is 5.69 Å². The molecule has 0 N–H and O–H groups in total. The molecular weight excluding hydrogens is 264 g/mol. The smallest absolute Gasteiger partial charge is 0.196 e. The molecule has 0 amide bonds. The second-order valence-corrected chi connectivity index (χ2v) is 4.57. The number of hydrogen-bond acceptors (Lipinski definition) is 3. The van der Waals surface area contributed by atoms with Crippen molar-refractivity contribution in [2.75, 3.05) is 7.11 Å². The highest BCUT2D eigenvalue weighted by Gasteiger charge is 2.12. The maximum Gasteiger partial charge on any atom is 0.196 e. The minimum Gasteiger partial charge on any atom is -0.497 e. The molecule has 2 aromatic carbocycles. The predicted molar refractivity (Wildman–Crippen MR) is 80.0 cm³/mol. The highest BCUT2D eigenvalue weighted by molar-refractivity contribution is 6.08. The average Bonchev–Trinajstić information content (AvgIpc) is 3.05. The monoisotopic (exact) mass is 278 g/mol. The number of carbonyl (C=O) groups excluding carboxylic acids is 1. The molecule has 0 unspecified atom stereocenters. The van der Waals surface area contributed by atoms with Crippen molar-refractivity contribution in [3.8, 4) is 11.4 Å². The quantitative estimate of drug-likeness (QED) is 0.689. The Morgan fingerprint density at radius 2 is 1.86 bits per heavy atom. The fourth-order valence-corrected chi connectivity index (χ4v) is 2.09. The number of nitrogens with zero attached hydrogens (tertiary/aromatic N) is 2. The van der Waals surface area contributed by atoms with Crippen molar-refractivity contribution in [3.05, 3.63) is 78.1 Å². The third-order valence-corrected chi connectivity index (χ3v) is 3.20. The number of aromatic nitrogens is 2. The average molecular weight is 278 g/mol. The number of ether oxygens (including phenoxy) is 1. The number of carbonyl (C=O) groups is 1. The molecule has 0 radical (unpaired) electrons. The number of hydrogen-bond donors (Lipinski definition) is 0. The number of rotatable bonds is 4. The van der Waals surface area contributed by atoms with Crippen LogP contribution in [0.5, 0.6) is 5.75 Å². The van der Waals surface area contributed by atoms with E-state index in [1.54, 1.807) is 42.4 Å². The van der Waals surface area contributed by atoms with Gasteiger partial charge < -0.3 is 4.74 Å². The largest absolute Gasteiger partial charge is 0.497 e. The fourth-order valence-electron chi connectivity index (χ4n) is 2.09. The van der Waals surface area contributed by atoms with Crippen LogP contribution in [0, 0.1) is 0 Å². The number of benzene rings is 2. The molecule has 4 heteroatoms. The van der Waals surface area contributed by atoms with E-state index in [4.69, 9.17) is 4.74 Å². The van der Waals surface area contributed by atoms with E-state index in [-0.39, 0.29) is 5.78 Å². The van der Waals surface area contributed by atoms with Gasteiger partial charge in [-0.05, 0) is 24.3 Å². The van der Waals surface area contributed by atoms with E-state index < -0.39 is 0 Å². The molecular formula is C17H14N2O2. The lowest BCUT2D eigenvalue weighted by atomic mass is 10.1. The van der Waals surface area contributed by atoms with E-state index in [1.165, 1.54) is 0 Å². The summed E-state index contributed by atoms with van der Waals surface area (Å²) in [4.78, 5) is 12.5. The van der Waals surface area contributed by atoms with Crippen LogP contribution in [0.1, 0.15) is 15.9 Å². The summed E-state index contributed by atoms with van der Waals surface area (Å²) in [6.45, 7) is 0. The zero-order chi connectivity index (χ0) is 14.7. The minimum atomic E-state index is -0.0731. The third-order valence-electron chi connectivity index (χ3n) is 3.20. The molecule has 0 saturated carbocycles. The molecule has 0 spiro atoms. The molecule has 0 fully saturated rings. The van der Waals surface area contributed by atoms with Crippen LogP contribution in [-0.2, 0) is 0 Å². The van der Waals surface area contributed by atoms with Crippen LogP contribution in [-0.4, -0.2) is 22.7 Å². The molecule has 0 aliphatic carbocycles. The second-order valence-electron chi connectivity index (χ2n) is 4.57. The van der Waals surface area contributed by atoms with Gasteiger partial charge in [0.2, 0.25) is 0 Å². The summed E-state index contributed by atoms with van der Waals surface area (Å²) in [6.07, 6.45) is 3.31. The Morgan fingerprint density at radius 3 is 2.62 bits per heavy atom. The first kappa shape index (κ1) is 13.1.